The van der Waals surface area contributed by atoms with Gasteiger partial charge in [0.1, 0.15) is 16.8 Å². The number of phenols is 2. The van der Waals surface area contributed by atoms with Crippen LogP contribution in [0.4, 0.5) is 5.69 Å². The number of carbonyl (C=O) groups is 3. The molecule has 4 N–H and O–H groups in total. The Morgan fingerprint density at radius 2 is 1.26 bits per heavy atom. The average Bonchev–Trinajstić information content (AvgIpc) is 2.63. The molecular weight excluding hydrogens is 354 g/mol. The van der Waals surface area contributed by atoms with Gasteiger partial charge in [-0.2, -0.15) is 0 Å². The van der Waals surface area contributed by atoms with Crippen molar-refractivity contribution < 1.29 is 34.8 Å². The van der Waals surface area contributed by atoms with Gasteiger partial charge in [-0.25, -0.2) is 9.59 Å². The highest BCUT2D eigenvalue weighted by Gasteiger charge is 2.35. The van der Waals surface area contributed by atoms with Crippen molar-refractivity contribution in [3.05, 3.63) is 52.6 Å². The smallest absolute Gasteiger partial charge is 0.340 e. The zero-order valence-electron chi connectivity index (χ0n) is 14.8. The molecule has 142 valence electrons. The number of carbonyl (C=O) groups excluding carboxylic acids is 1. The summed E-state index contributed by atoms with van der Waals surface area (Å²) >= 11 is 0. The molecule has 0 aliphatic heterocycles. The first-order chi connectivity index (χ1) is 12.8. The Morgan fingerprint density at radius 3 is 1.63 bits per heavy atom. The summed E-state index contributed by atoms with van der Waals surface area (Å²) in [4.78, 5) is 37.9. The highest BCUT2D eigenvalue weighted by atomic mass is 16.4. The van der Waals surface area contributed by atoms with Crippen LogP contribution in [-0.4, -0.2) is 51.2 Å². The molecule has 2 rings (SSSR count). The topological polar surface area (TPSA) is 135 Å². The van der Waals surface area contributed by atoms with Crippen LogP contribution in [0.3, 0.4) is 0 Å². The standard InChI is InChI=1S/C19H19NO7/c1-3-20(4-2)14-16(22)12(18(24)25)11(13(17(14)23)19(26)27)15(21)10-8-6-5-7-9-10/h5-9,22-23H,3-4H2,1-2H3,(H,24,25)(H,26,27). The third kappa shape index (κ3) is 3.41. The van der Waals surface area contributed by atoms with Crippen LogP contribution in [0.2, 0.25) is 0 Å². The lowest BCUT2D eigenvalue weighted by molar-refractivity contribution is 0.0686. The Morgan fingerprint density at radius 1 is 0.815 bits per heavy atom. The second kappa shape index (κ2) is 7.77. The van der Waals surface area contributed by atoms with E-state index in [0.717, 1.165) is 0 Å². The monoisotopic (exact) mass is 373 g/mol. The number of benzene rings is 2. The van der Waals surface area contributed by atoms with Crippen molar-refractivity contribution in [2.24, 2.45) is 0 Å². The number of anilines is 1. The molecule has 8 heteroatoms. The van der Waals surface area contributed by atoms with E-state index in [-0.39, 0.29) is 24.3 Å². The molecule has 0 aromatic heterocycles. The van der Waals surface area contributed by atoms with Crippen LogP contribution in [0.15, 0.2) is 30.3 Å². The quantitative estimate of drug-likeness (QED) is 0.544. The molecule has 0 spiro atoms. The number of aromatic hydroxyl groups is 2. The molecule has 2 aromatic carbocycles. The van der Waals surface area contributed by atoms with Crippen molar-refractivity contribution in [1.82, 2.24) is 0 Å². The second-order valence-corrected chi connectivity index (χ2v) is 5.65. The molecule has 0 aliphatic rings. The van der Waals surface area contributed by atoms with Gasteiger partial charge in [-0.05, 0) is 13.8 Å². The summed E-state index contributed by atoms with van der Waals surface area (Å²) in [6.07, 6.45) is 0. The number of carboxylic acid groups (broad SMARTS) is 2. The zero-order valence-corrected chi connectivity index (χ0v) is 14.8. The van der Waals surface area contributed by atoms with E-state index in [1.54, 1.807) is 19.9 Å². The molecule has 0 amide bonds. The maximum atomic E-state index is 12.9. The van der Waals surface area contributed by atoms with Gasteiger partial charge in [-0.3, -0.25) is 4.79 Å². The molecular formula is C19H19NO7. The zero-order chi connectivity index (χ0) is 20.3. The van der Waals surface area contributed by atoms with E-state index in [0.29, 0.717) is 0 Å². The van der Waals surface area contributed by atoms with E-state index in [1.165, 1.54) is 29.2 Å². The summed E-state index contributed by atoms with van der Waals surface area (Å²) < 4.78 is 0. The van der Waals surface area contributed by atoms with Gasteiger partial charge in [0.25, 0.3) is 0 Å². The number of carboxylic acids is 2. The van der Waals surface area contributed by atoms with Crippen molar-refractivity contribution in [3.8, 4) is 11.5 Å². The van der Waals surface area contributed by atoms with Gasteiger partial charge in [0, 0.05) is 18.7 Å². The van der Waals surface area contributed by atoms with Crippen molar-refractivity contribution in [1.29, 1.82) is 0 Å². The average molecular weight is 373 g/mol. The van der Waals surface area contributed by atoms with Gasteiger partial charge in [0.2, 0.25) is 0 Å². The molecule has 0 atom stereocenters. The second-order valence-electron chi connectivity index (χ2n) is 5.65. The van der Waals surface area contributed by atoms with Gasteiger partial charge in [0.05, 0.1) is 5.56 Å². The molecule has 0 saturated carbocycles. The summed E-state index contributed by atoms with van der Waals surface area (Å²) in [5, 5.41) is 40.2. The molecule has 8 nitrogen and oxygen atoms in total. The normalized spacial score (nSPS) is 10.4. The molecule has 27 heavy (non-hydrogen) atoms. The van der Waals surface area contributed by atoms with E-state index in [9.17, 15) is 34.8 Å². The first kappa shape index (κ1) is 19.8. The largest absolute Gasteiger partial charge is 0.505 e. The first-order valence-electron chi connectivity index (χ1n) is 8.19. The molecule has 0 fully saturated rings. The maximum Gasteiger partial charge on any atom is 0.340 e. The predicted octanol–water partition coefficient (Wildman–Crippen LogP) is 2.57. The Balaban J connectivity index is 2.97. The number of hydrogen-bond donors (Lipinski definition) is 4. The Kier molecular flexibility index (Phi) is 5.69. The molecule has 0 aliphatic carbocycles. The number of hydrogen-bond acceptors (Lipinski definition) is 6. The van der Waals surface area contributed by atoms with Crippen LogP contribution in [-0.2, 0) is 0 Å². The number of aromatic carboxylic acids is 2. The Labute approximate surface area is 154 Å². The third-order valence-electron chi connectivity index (χ3n) is 4.19. The van der Waals surface area contributed by atoms with Crippen LogP contribution < -0.4 is 4.90 Å². The summed E-state index contributed by atoms with van der Waals surface area (Å²) in [5.41, 5.74) is -2.80. The minimum atomic E-state index is -1.68. The van der Waals surface area contributed by atoms with E-state index in [1.807, 2.05) is 0 Å². The molecule has 0 bridgehead atoms. The number of ketones is 1. The van der Waals surface area contributed by atoms with Crippen LogP contribution in [0.25, 0.3) is 0 Å². The maximum absolute atomic E-state index is 12.9. The Bertz CT molecular complexity index is 861. The third-order valence-corrected chi connectivity index (χ3v) is 4.19. The van der Waals surface area contributed by atoms with Crippen LogP contribution >= 0.6 is 0 Å². The van der Waals surface area contributed by atoms with E-state index >= 15 is 0 Å². The van der Waals surface area contributed by atoms with Gasteiger partial charge in [0.15, 0.2) is 17.3 Å². The van der Waals surface area contributed by atoms with Crippen molar-refractivity contribution in [3.63, 3.8) is 0 Å². The van der Waals surface area contributed by atoms with Gasteiger partial charge >= 0.3 is 11.9 Å². The summed E-state index contributed by atoms with van der Waals surface area (Å²) in [6, 6.07) is 7.44. The molecule has 0 unspecified atom stereocenters. The SMILES string of the molecule is CCN(CC)c1c(O)c(C(=O)O)c(C(=O)c2ccccc2)c(C(=O)O)c1O. The number of nitrogens with zero attached hydrogens (tertiary/aromatic N) is 1. The lowest BCUT2D eigenvalue weighted by atomic mass is 9.90. The van der Waals surface area contributed by atoms with Crippen LogP contribution in [0.5, 0.6) is 11.5 Å². The minimum absolute atomic E-state index is 0.0249. The fourth-order valence-corrected chi connectivity index (χ4v) is 2.93. The highest BCUT2D eigenvalue weighted by molar-refractivity contribution is 6.21. The summed E-state index contributed by atoms with van der Waals surface area (Å²) in [6.45, 7) is 3.90. The van der Waals surface area contributed by atoms with Crippen molar-refractivity contribution in [2.45, 2.75) is 13.8 Å². The van der Waals surface area contributed by atoms with Gasteiger partial charge < -0.3 is 25.3 Å². The highest BCUT2D eigenvalue weighted by Crippen LogP contribution is 2.45. The summed E-state index contributed by atoms with van der Waals surface area (Å²) in [5.74, 6) is -5.99. The number of rotatable bonds is 7. The molecule has 0 saturated heterocycles. The predicted molar refractivity (Wildman–Crippen MR) is 97.1 cm³/mol. The fourth-order valence-electron chi connectivity index (χ4n) is 2.93. The fraction of sp³-hybridized carbons (Fsp3) is 0.211. The van der Waals surface area contributed by atoms with Crippen LogP contribution in [0.1, 0.15) is 50.5 Å². The summed E-state index contributed by atoms with van der Waals surface area (Å²) in [7, 11) is 0. The van der Waals surface area contributed by atoms with Gasteiger partial charge in [-0.1, -0.05) is 30.3 Å². The van der Waals surface area contributed by atoms with Gasteiger partial charge in [-0.15, -0.1) is 0 Å². The molecule has 0 radical (unpaired) electrons. The van der Waals surface area contributed by atoms with E-state index in [2.05, 4.69) is 0 Å². The lowest BCUT2D eigenvalue weighted by Gasteiger charge is -2.26. The van der Waals surface area contributed by atoms with E-state index in [4.69, 9.17) is 0 Å². The molecule has 0 heterocycles. The first-order valence-corrected chi connectivity index (χ1v) is 8.19. The van der Waals surface area contributed by atoms with E-state index < -0.39 is 45.9 Å². The lowest BCUT2D eigenvalue weighted by Crippen LogP contribution is -2.25. The molecule has 2 aromatic rings. The minimum Gasteiger partial charge on any atom is -0.505 e. The van der Waals surface area contributed by atoms with Crippen molar-refractivity contribution >= 4 is 23.4 Å². The Hall–Kier alpha value is -3.55. The van der Waals surface area contributed by atoms with Crippen LogP contribution in [0, 0.1) is 0 Å². The van der Waals surface area contributed by atoms with Crippen molar-refractivity contribution in [2.75, 3.05) is 18.0 Å².